The number of aromatic nitrogens is 4. The molecule has 9 heteroatoms. The van der Waals surface area contributed by atoms with Crippen LogP contribution in [0.4, 0.5) is 13.2 Å². The molecule has 0 spiro atoms. The van der Waals surface area contributed by atoms with Crippen LogP contribution in [0, 0.1) is 0 Å². The second-order valence-electron chi connectivity index (χ2n) is 6.70. The molecule has 0 amide bonds. The minimum atomic E-state index is -4.52. The minimum absolute atomic E-state index is 0.0250. The van der Waals surface area contributed by atoms with Gasteiger partial charge in [0.15, 0.2) is 5.69 Å². The SMILES string of the molecule is FC(F)(F)c1cc(C2CCCN(Cc3ccccc3Cl)C2)nc2ncnn12. The first-order valence-electron chi connectivity index (χ1n) is 8.65. The van der Waals surface area contributed by atoms with Crippen LogP contribution in [-0.2, 0) is 12.7 Å². The molecule has 0 saturated carbocycles. The number of likely N-dealkylation sites (tertiary alicyclic amines) is 1. The van der Waals surface area contributed by atoms with E-state index in [-0.39, 0.29) is 11.7 Å². The maximum absolute atomic E-state index is 13.4. The van der Waals surface area contributed by atoms with Crippen LogP contribution >= 0.6 is 11.6 Å². The van der Waals surface area contributed by atoms with Crippen molar-refractivity contribution in [1.82, 2.24) is 24.5 Å². The third-order valence-corrected chi connectivity index (χ3v) is 5.21. The highest BCUT2D eigenvalue weighted by Gasteiger charge is 2.36. The third kappa shape index (κ3) is 3.77. The highest BCUT2D eigenvalue weighted by atomic mass is 35.5. The average molecular weight is 396 g/mol. The summed E-state index contributed by atoms with van der Waals surface area (Å²) in [6.45, 7) is 2.16. The molecule has 1 saturated heterocycles. The Morgan fingerprint density at radius 3 is 2.81 bits per heavy atom. The lowest BCUT2D eigenvalue weighted by atomic mass is 9.93. The Bertz CT molecular complexity index is 956. The monoisotopic (exact) mass is 395 g/mol. The molecule has 1 fully saturated rings. The summed E-state index contributed by atoms with van der Waals surface area (Å²) in [6.07, 6.45) is -1.76. The van der Waals surface area contributed by atoms with Crippen molar-refractivity contribution in [1.29, 1.82) is 0 Å². The first-order chi connectivity index (χ1) is 12.9. The summed E-state index contributed by atoms with van der Waals surface area (Å²) in [6, 6.07) is 8.72. The largest absolute Gasteiger partial charge is 0.433 e. The fourth-order valence-electron chi connectivity index (χ4n) is 3.55. The lowest BCUT2D eigenvalue weighted by molar-refractivity contribution is -0.142. The second-order valence-corrected chi connectivity index (χ2v) is 7.11. The zero-order valence-electron chi connectivity index (χ0n) is 14.3. The van der Waals surface area contributed by atoms with Gasteiger partial charge in [0, 0.05) is 24.0 Å². The topological polar surface area (TPSA) is 46.3 Å². The Morgan fingerprint density at radius 2 is 2.04 bits per heavy atom. The molecule has 2 aromatic heterocycles. The number of halogens is 4. The van der Waals surface area contributed by atoms with Crippen LogP contribution in [0.2, 0.25) is 5.02 Å². The van der Waals surface area contributed by atoms with Crippen molar-refractivity contribution in [3.8, 4) is 0 Å². The Balaban J connectivity index is 1.60. The van der Waals surface area contributed by atoms with Crippen molar-refractivity contribution >= 4 is 17.4 Å². The molecular weight excluding hydrogens is 379 g/mol. The molecular formula is C18H17ClF3N5. The van der Waals surface area contributed by atoms with E-state index in [0.717, 1.165) is 41.9 Å². The van der Waals surface area contributed by atoms with Gasteiger partial charge in [0.25, 0.3) is 5.78 Å². The van der Waals surface area contributed by atoms with Crippen LogP contribution in [0.15, 0.2) is 36.7 Å². The minimum Gasteiger partial charge on any atom is -0.298 e. The summed E-state index contributed by atoms with van der Waals surface area (Å²) >= 11 is 6.24. The highest BCUT2D eigenvalue weighted by Crippen LogP contribution is 2.33. The summed E-state index contributed by atoms with van der Waals surface area (Å²) in [5.74, 6) is -0.118. The van der Waals surface area contributed by atoms with Gasteiger partial charge >= 0.3 is 6.18 Å². The molecule has 1 aliphatic rings. The van der Waals surface area contributed by atoms with Crippen LogP contribution in [0.25, 0.3) is 5.78 Å². The molecule has 4 rings (SSSR count). The third-order valence-electron chi connectivity index (χ3n) is 4.84. The van der Waals surface area contributed by atoms with Gasteiger partial charge in [-0.3, -0.25) is 4.90 Å². The smallest absolute Gasteiger partial charge is 0.298 e. The van der Waals surface area contributed by atoms with Gasteiger partial charge in [0.1, 0.15) is 6.33 Å². The number of alkyl halides is 3. The molecule has 27 heavy (non-hydrogen) atoms. The van der Waals surface area contributed by atoms with Gasteiger partial charge in [-0.1, -0.05) is 29.8 Å². The van der Waals surface area contributed by atoms with E-state index in [1.54, 1.807) is 0 Å². The molecule has 5 nitrogen and oxygen atoms in total. The molecule has 1 atom stereocenters. The van der Waals surface area contributed by atoms with E-state index in [9.17, 15) is 13.2 Å². The summed E-state index contributed by atoms with van der Waals surface area (Å²) in [7, 11) is 0. The summed E-state index contributed by atoms with van der Waals surface area (Å²) in [5.41, 5.74) is 0.576. The highest BCUT2D eigenvalue weighted by molar-refractivity contribution is 6.31. The van der Waals surface area contributed by atoms with Crippen LogP contribution in [-0.4, -0.2) is 37.6 Å². The van der Waals surface area contributed by atoms with E-state index < -0.39 is 11.9 Å². The van der Waals surface area contributed by atoms with Crippen molar-refractivity contribution in [3.63, 3.8) is 0 Å². The van der Waals surface area contributed by atoms with E-state index in [0.29, 0.717) is 23.8 Å². The molecule has 1 aliphatic heterocycles. The van der Waals surface area contributed by atoms with Crippen LogP contribution in [0.1, 0.15) is 35.7 Å². The van der Waals surface area contributed by atoms with Crippen LogP contribution in [0.5, 0.6) is 0 Å². The maximum Gasteiger partial charge on any atom is 0.433 e. The standard InChI is InChI=1S/C18H17ClF3N5/c19-14-6-2-1-4-12(14)9-26-7-3-5-13(10-26)15-8-16(18(20,21)22)27-17(25-15)23-11-24-27/h1-2,4,6,8,11,13H,3,5,7,9-10H2. The van der Waals surface area contributed by atoms with E-state index in [2.05, 4.69) is 20.0 Å². The van der Waals surface area contributed by atoms with Crippen molar-refractivity contribution in [2.24, 2.45) is 0 Å². The number of nitrogens with zero attached hydrogens (tertiary/aromatic N) is 5. The van der Waals surface area contributed by atoms with Gasteiger partial charge < -0.3 is 0 Å². The predicted molar refractivity (Wildman–Crippen MR) is 94.5 cm³/mol. The zero-order chi connectivity index (χ0) is 19.0. The van der Waals surface area contributed by atoms with Crippen LogP contribution < -0.4 is 0 Å². The lowest BCUT2D eigenvalue weighted by Gasteiger charge is -2.32. The van der Waals surface area contributed by atoms with Crippen molar-refractivity contribution in [2.45, 2.75) is 31.5 Å². The van der Waals surface area contributed by atoms with E-state index in [1.807, 2.05) is 24.3 Å². The van der Waals surface area contributed by atoms with E-state index >= 15 is 0 Å². The average Bonchev–Trinajstić information content (AvgIpc) is 3.11. The van der Waals surface area contributed by atoms with Gasteiger partial charge in [-0.2, -0.15) is 27.8 Å². The predicted octanol–water partition coefficient (Wildman–Crippen LogP) is 4.18. The molecule has 3 heterocycles. The molecule has 0 N–H and O–H groups in total. The normalized spacial score (nSPS) is 18.9. The maximum atomic E-state index is 13.4. The first-order valence-corrected chi connectivity index (χ1v) is 9.03. The Hall–Kier alpha value is -2.19. The summed E-state index contributed by atoms with van der Waals surface area (Å²) < 4.78 is 41.0. The Labute approximate surface area is 158 Å². The van der Waals surface area contributed by atoms with Gasteiger partial charge in [-0.15, -0.1) is 0 Å². The van der Waals surface area contributed by atoms with E-state index in [4.69, 9.17) is 11.6 Å². The Kier molecular flexibility index (Phi) is 4.77. The number of benzene rings is 1. The van der Waals surface area contributed by atoms with Crippen LogP contribution in [0.3, 0.4) is 0 Å². The molecule has 0 radical (unpaired) electrons. The summed E-state index contributed by atoms with van der Waals surface area (Å²) in [4.78, 5) is 10.4. The first kappa shape index (κ1) is 18.2. The molecule has 0 aliphatic carbocycles. The number of piperidine rings is 1. The van der Waals surface area contributed by atoms with Crippen molar-refractivity contribution in [2.75, 3.05) is 13.1 Å². The molecule has 1 aromatic carbocycles. The molecule has 142 valence electrons. The number of rotatable bonds is 3. The second kappa shape index (κ2) is 7.09. The van der Waals surface area contributed by atoms with Gasteiger partial charge in [0.2, 0.25) is 0 Å². The number of hydrogen-bond acceptors (Lipinski definition) is 4. The van der Waals surface area contributed by atoms with Gasteiger partial charge in [0.05, 0.1) is 5.69 Å². The quantitative estimate of drug-likeness (QED) is 0.667. The molecule has 3 aromatic rings. The zero-order valence-corrected chi connectivity index (χ0v) is 15.1. The number of fused-ring (bicyclic) bond motifs is 1. The van der Waals surface area contributed by atoms with Gasteiger partial charge in [-0.05, 0) is 37.1 Å². The fraction of sp³-hybridized carbons (Fsp3) is 0.389. The molecule has 0 bridgehead atoms. The van der Waals surface area contributed by atoms with Gasteiger partial charge in [-0.25, -0.2) is 4.98 Å². The lowest BCUT2D eigenvalue weighted by Crippen LogP contribution is -2.34. The van der Waals surface area contributed by atoms with E-state index in [1.165, 1.54) is 0 Å². The fourth-order valence-corrected chi connectivity index (χ4v) is 3.75. The van der Waals surface area contributed by atoms with Crippen molar-refractivity contribution < 1.29 is 13.2 Å². The molecule has 1 unspecified atom stereocenters. The Morgan fingerprint density at radius 1 is 1.22 bits per heavy atom. The number of hydrogen-bond donors (Lipinski definition) is 0. The summed E-state index contributed by atoms with van der Waals surface area (Å²) in [5, 5.41) is 4.35. The van der Waals surface area contributed by atoms with Crippen molar-refractivity contribution in [3.05, 3.63) is 58.6 Å².